The van der Waals surface area contributed by atoms with Gasteiger partial charge in [0, 0.05) is 11.0 Å². The zero-order valence-corrected chi connectivity index (χ0v) is 16.5. The van der Waals surface area contributed by atoms with Gasteiger partial charge < -0.3 is 14.8 Å². The van der Waals surface area contributed by atoms with Crippen molar-refractivity contribution < 1.29 is 14.3 Å². The number of rotatable bonds is 8. The molecule has 1 N–H and O–H groups in total. The monoisotopic (exact) mass is 405 g/mol. The van der Waals surface area contributed by atoms with E-state index in [-0.39, 0.29) is 12.3 Å². The maximum absolute atomic E-state index is 12.3. The molecule has 0 bridgehead atoms. The number of carbonyl (C=O) groups excluding carboxylic acids is 1. The first-order valence-corrected chi connectivity index (χ1v) is 9.23. The van der Waals surface area contributed by atoms with Gasteiger partial charge in [0.25, 0.3) is 0 Å². The first-order chi connectivity index (χ1) is 12.0. The van der Waals surface area contributed by atoms with Gasteiger partial charge in [0.15, 0.2) is 11.5 Å². The Kier molecular flexibility index (Phi) is 7.31. The number of halogens is 1. The van der Waals surface area contributed by atoms with Crippen LogP contribution in [-0.4, -0.2) is 19.1 Å². The lowest BCUT2D eigenvalue weighted by Crippen LogP contribution is -2.24. The molecule has 0 saturated heterocycles. The first-order valence-electron chi connectivity index (χ1n) is 8.43. The SMILES string of the molecule is CCOc1cc(Br)c(CC(=O)NCc2ccc(C)cc2)cc1OCC. The van der Waals surface area contributed by atoms with Crippen molar-refractivity contribution in [3.8, 4) is 11.5 Å². The second kappa shape index (κ2) is 9.47. The lowest BCUT2D eigenvalue weighted by Gasteiger charge is -2.14. The maximum Gasteiger partial charge on any atom is 0.224 e. The van der Waals surface area contributed by atoms with Gasteiger partial charge in [-0.15, -0.1) is 0 Å². The van der Waals surface area contributed by atoms with Gasteiger partial charge in [0.05, 0.1) is 19.6 Å². The Hall–Kier alpha value is -2.01. The highest BCUT2D eigenvalue weighted by Crippen LogP contribution is 2.34. The molecule has 2 aromatic carbocycles. The molecule has 0 aliphatic heterocycles. The van der Waals surface area contributed by atoms with Crippen molar-refractivity contribution in [2.75, 3.05) is 13.2 Å². The Labute approximate surface area is 157 Å². The Morgan fingerprint density at radius 2 is 1.64 bits per heavy atom. The average molecular weight is 406 g/mol. The molecule has 0 unspecified atom stereocenters. The molecule has 25 heavy (non-hydrogen) atoms. The van der Waals surface area contributed by atoms with E-state index >= 15 is 0 Å². The number of hydrogen-bond acceptors (Lipinski definition) is 3. The molecule has 0 aliphatic rings. The summed E-state index contributed by atoms with van der Waals surface area (Å²) in [4.78, 5) is 12.3. The van der Waals surface area contributed by atoms with Crippen molar-refractivity contribution in [2.24, 2.45) is 0 Å². The highest BCUT2D eigenvalue weighted by atomic mass is 79.9. The van der Waals surface area contributed by atoms with E-state index in [1.807, 2.05) is 57.2 Å². The highest BCUT2D eigenvalue weighted by Gasteiger charge is 2.13. The Morgan fingerprint density at radius 3 is 2.24 bits per heavy atom. The van der Waals surface area contributed by atoms with Gasteiger partial charge in [-0.2, -0.15) is 0 Å². The molecule has 2 rings (SSSR count). The summed E-state index contributed by atoms with van der Waals surface area (Å²) in [5, 5.41) is 2.95. The largest absolute Gasteiger partial charge is 0.490 e. The molecule has 0 saturated carbocycles. The van der Waals surface area contributed by atoms with E-state index in [4.69, 9.17) is 9.47 Å². The molecule has 0 fully saturated rings. The standard InChI is InChI=1S/C20H24BrNO3/c1-4-24-18-10-16(17(21)12-19(18)25-5-2)11-20(23)22-13-15-8-6-14(3)7-9-15/h6-10,12H,4-5,11,13H2,1-3H3,(H,22,23). The molecule has 0 aliphatic carbocycles. The van der Waals surface area contributed by atoms with Crippen LogP contribution in [0.4, 0.5) is 0 Å². The van der Waals surface area contributed by atoms with Crippen molar-refractivity contribution in [3.63, 3.8) is 0 Å². The predicted octanol–water partition coefficient (Wildman–Crippen LogP) is 4.41. The fourth-order valence-electron chi connectivity index (χ4n) is 2.39. The molecule has 0 heterocycles. The number of amides is 1. The van der Waals surface area contributed by atoms with Gasteiger partial charge in [0.1, 0.15) is 0 Å². The maximum atomic E-state index is 12.3. The van der Waals surface area contributed by atoms with E-state index in [0.29, 0.717) is 31.3 Å². The lowest BCUT2D eigenvalue weighted by molar-refractivity contribution is -0.120. The third-order valence-electron chi connectivity index (χ3n) is 3.67. The van der Waals surface area contributed by atoms with E-state index in [0.717, 1.165) is 15.6 Å². The fourth-order valence-corrected chi connectivity index (χ4v) is 2.85. The van der Waals surface area contributed by atoms with Crippen LogP contribution in [0.2, 0.25) is 0 Å². The molecule has 5 heteroatoms. The first kappa shape index (κ1) is 19.3. The third kappa shape index (κ3) is 5.78. The molecule has 0 atom stereocenters. The number of hydrogen-bond donors (Lipinski definition) is 1. The van der Waals surface area contributed by atoms with Crippen molar-refractivity contribution >= 4 is 21.8 Å². The van der Waals surface area contributed by atoms with Crippen LogP contribution in [0, 0.1) is 6.92 Å². The van der Waals surface area contributed by atoms with Gasteiger partial charge >= 0.3 is 0 Å². The van der Waals surface area contributed by atoms with E-state index < -0.39 is 0 Å². The van der Waals surface area contributed by atoms with E-state index in [1.54, 1.807) is 0 Å². The zero-order chi connectivity index (χ0) is 18.2. The van der Waals surface area contributed by atoms with Crippen LogP contribution < -0.4 is 14.8 Å². The quantitative estimate of drug-likeness (QED) is 0.707. The number of aryl methyl sites for hydroxylation is 1. The summed E-state index contributed by atoms with van der Waals surface area (Å²) < 4.78 is 12.1. The van der Waals surface area contributed by atoms with Gasteiger partial charge in [-0.05, 0) is 44.0 Å². The number of benzene rings is 2. The Morgan fingerprint density at radius 1 is 1.04 bits per heavy atom. The van der Waals surface area contributed by atoms with Gasteiger partial charge in [-0.3, -0.25) is 4.79 Å². The summed E-state index contributed by atoms with van der Waals surface area (Å²) >= 11 is 3.52. The van der Waals surface area contributed by atoms with Crippen LogP contribution >= 0.6 is 15.9 Å². The Balaban J connectivity index is 2.03. The smallest absolute Gasteiger partial charge is 0.224 e. The number of carbonyl (C=O) groups is 1. The minimum Gasteiger partial charge on any atom is -0.490 e. The van der Waals surface area contributed by atoms with Crippen LogP contribution in [0.15, 0.2) is 40.9 Å². The summed E-state index contributed by atoms with van der Waals surface area (Å²) in [7, 11) is 0. The molecule has 1 amide bonds. The molecule has 2 aromatic rings. The molecule has 0 spiro atoms. The fraction of sp³-hybridized carbons (Fsp3) is 0.350. The van der Waals surface area contributed by atoms with Crippen molar-refractivity contribution in [3.05, 3.63) is 57.6 Å². The second-order valence-corrected chi connectivity index (χ2v) is 6.55. The van der Waals surface area contributed by atoms with Crippen molar-refractivity contribution in [2.45, 2.75) is 33.7 Å². The van der Waals surface area contributed by atoms with E-state index in [1.165, 1.54) is 5.56 Å². The minimum absolute atomic E-state index is 0.0344. The molecule has 0 radical (unpaired) electrons. The summed E-state index contributed by atoms with van der Waals surface area (Å²) in [6.45, 7) is 7.51. The Bertz CT molecular complexity index is 714. The summed E-state index contributed by atoms with van der Waals surface area (Å²) in [6.07, 6.45) is 0.277. The van der Waals surface area contributed by atoms with Gasteiger partial charge in [0.2, 0.25) is 5.91 Å². The highest BCUT2D eigenvalue weighted by molar-refractivity contribution is 9.10. The molecule has 0 aromatic heterocycles. The minimum atomic E-state index is -0.0344. The zero-order valence-electron chi connectivity index (χ0n) is 14.9. The van der Waals surface area contributed by atoms with Crippen LogP contribution in [0.25, 0.3) is 0 Å². The molecule has 134 valence electrons. The predicted molar refractivity (Wildman–Crippen MR) is 103 cm³/mol. The van der Waals surface area contributed by atoms with Gasteiger partial charge in [-0.1, -0.05) is 45.8 Å². The summed E-state index contributed by atoms with van der Waals surface area (Å²) in [6, 6.07) is 11.9. The summed E-state index contributed by atoms with van der Waals surface area (Å²) in [5.41, 5.74) is 3.16. The molecular formula is C20H24BrNO3. The average Bonchev–Trinajstić information content (AvgIpc) is 2.59. The topological polar surface area (TPSA) is 47.6 Å². The molecule has 4 nitrogen and oxygen atoms in total. The van der Waals surface area contributed by atoms with Crippen LogP contribution in [-0.2, 0) is 17.8 Å². The normalized spacial score (nSPS) is 10.4. The van der Waals surface area contributed by atoms with E-state index in [9.17, 15) is 4.79 Å². The number of ether oxygens (including phenoxy) is 2. The second-order valence-electron chi connectivity index (χ2n) is 5.70. The van der Waals surface area contributed by atoms with E-state index in [2.05, 4.69) is 21.2 Å². The van der Waals surface area contributed by atoms with Crippen LogP contribution in [0.3, 0.4) is 0 Å². The molecular weight excluding hydrogens is 382 g/mol. The van der Waals surface area contributed by atoms with Crippen LogP contribution in [0.5, 0.6) is 11.5 Å². The number of nitrogens with one attached hydrogen (secondary N) is 1. The van der Waals surface area contributed by atoms with Gasteiger partial charge in [-0.25, -0.2) is 0 Å². The van der Waals surface area contributed by atoms with Crippen LogP contribution in [0.1, 0.15) is 30.5 Å². The summed E-state index contributed by atoms with van der Waals surface area (Å²) in [5.74, 6) is 1.31. The van der Waals surface area contributed by atoms with Crippen molar-refractivity contribution in [1.82, 2.24) is 5.32 Å². The lowest BCUT2D eigenvalue weighted by atomic mass is 10.1. The van der Waals surface area contributed by atoms with Crippen molar-refractivity contribution in [1.29, 1.82) is 0 Å². The third-order valence-corrected chi connectivity index (χ3v) is 4.41.